The predicted octanol–water partition coefficient (Wildman–Crippen LogP) is 0.312. The van der Waals surface area contributed by atoms with Crippen LogP contribution in [0.1, 0.15) is 0 Å². The van der Waals surface area contributed by atoms with Crippen LogP contribution in [0, 0.1) is 0 Å². The molecule has 0 aliphatic rings. The Morgan fingerprint density at radius 2 is 1.95 bits per heavy atom. The maximum Gasteiger partial charge on any atom is 0.267 e. The molecule has 0 saturated heterocycles. The number of para-hydroxylation sites is 2. The van der Waals surface area contributed by atoms with E-state index >= 15 is 0 Å². The molecule has 0 aliphatic carbocycles. The third-order valence-corrected chi connectivity index (χ3v) is 3.16. The number of aliphatic hydroxyl groups is 1. The summed E-state index contributed by atoms with van der Waals surface area (Å²) in [5.74, 6) is -0.245. The van der Waals surface area contributed by atoms with Gasteiger partial charge >= 0.3 is 0 Å². The van der Waals surface area contributed by atoms with Gasteiger partial charge in [0.15, 0.2) is 0 Å². The SMILES string of the molecule is COc1ccccc1N(CC(O)CS(=O)(=O)O)OC. The maximum atomic E-state index is 10.7. The molecule has 1 atom stereocenters. The van der Waals surface area contributed by atoms with Crippen molar-refractivity contribution in [1.82, 2.24) is 0 Å². The quantitative estimate of drug-likeness (QED) is 0.551. The number of rotatable bonds is 7. The largest absolute Gasteiger partial charge is 0.494 e. The second kappa shape index (κ2) is 6.71. The van der Waals surface area contributed by atoms with Gasteiger partial charge in [-0.3, -0.25) is 9.39 Å². The molecule has 0 saturated carbocycles. The fourth-order valence-electron chi connectivity index (χ4n) is 1.59. The maximum absolute atomic E-state index is 10.7. The summed E-state index contributed by atoms with van der Waals surface area (Å²) < 4.78 is 35.2. The van der Waals surface area contributed by atoms with E-state index in [4.69, 9.17) is 14.1 Å². The van der Waals surface area contributed by atoms with E-state index in [0.717, 1.165) is 0 Å². The lowest BCUT2D eigenvalue weighted by Gasteiger charge is -2.25. The lowest BCUT2D eigenvalue weighted by Crippen LogP contribution is -2.35. The Morgan fingerprint density at radius 3 is 2.47 bits per heavy atom. The van der Waals surface area contributed by atoms with E-state index in [2.05, 4.69) is 0 Å². The molecule has 0 fully saturated rings. The van der Waals surface area contributed by atoms with E-state index in [1.54, 1.807) is 24.3 Å². The highest BCUT2D eigenvalue weighted by Crippen LogP contribution is 2.27. The van der Waals surface area contributed by atoms with Gasteiger partial charge in [-0.25, -0.2) is 5.06 Å². The standard InChI is InChI=1S/C11H17NO6S/c1-17-11-6-4-3-5-10(11)12(18-2)7-9(13)8-19(14,15)16/h3-6,9,13H,7-8H2,1-2H3,(H,14,15,16). The van der Waals surface area contributed by atoms with Gasteiger partial charge in [0, 0.05) is 0 Å². The average Bonchev–Trinajstić information content (AvgIpc) is 2.33. The lowest BCUT2D eigenvalue weighted by molar-refractivity contribution is 0.115. The highest BCUT2D eigenvalue weighted by molar-refractivity contribution is 7.85. The third kappa shape index (κ3) is 5.03. The van der Waals surface area contributed by atoms with Gasteiger partial charge in [-0.05, 0) is 12.1 Å². The van der Waals surface area contributed by atoms with Crippen LogP contribution in [0.4, 0.5) is 5.69 Å². The number of hydrogen-bond donors (Lipinski definition) is 2. The minimum Gasteiger partial charge on any atom is -0.494 e. The van der Waals surface area contributed by atoms with Crippen molar-refractivity contribution < 1.29 is 27.7 Å². The van der Waals surface area contributed by atoms with E-state index in [1.165, 1.54) is 19.3 Å². The summed E-state index contributed by atoms with van der Waals surface area (Å²) in [5, 5.41) is 10.9. The van der Waals surface area contributed by atoms with Crippen LogP contribution in [0.3, 0.4) is 0 Å². The van der Waals surface area contributed by atoms with Gasteiger partial charge in [-0.15, -0.1) is 0 Å². The normalized spacial score (nSPS) is 13.1. The average molecular weight is 291 g/mol. The zero-order valence-electron chi connectivity index (χ0n) is 10.7. The van der Waals surface area contributed by atoms with Gasteiger partial charge < -0.3 is 9.84 Å². The van der Waals surface area contributed by atoms with Crippen molar-refractivity contribution in [2.45, 2.75) is 6.10 Å². The summed E-state index contributed by atoms with van der Waals surface area (Å²) >= 11 is 0. The second-order valence-corrected chi connectivity index (χ2v) is 5.32. The van der Waals surface area contributed by atoms with Gasteiger partial charge in [-0.1, -0.05) is 12.1 Å². The van der Waals surface area contributed by atoms with Crippen molar-refractivity contribution >= 4 is 15.8 Å². The Bertz CT molecular complexity index is 504. The first-order valence-corrected chi connectivity index (χ1v) is 7.06. The number of anilines is 1. The minimum absolute atomic E-state index is 0.128. The summed E-state index contributed by atoms with van der Waals surface area (Å²) in [5.41, 5.74) is 0.543. The van der Waals surface area contributed by atoms with Crippen LogP contribution < -0.4 is 9.80 Å². The highest BCUT2D eigenvalue weighted by Gasteiger charge is 2.20. The summed E-state index contributed by atoms with van der Waals surface area (Å²) in [7, 11) is -1.37. The van der Waals surface area contributed by atoms with Crippen LogP contribution in [0.25, 0.3) is 0 Å². The van der Waals surface area contributed by atoms with E-state index in [9.17, 15) is 13.5 Å². The third-order valence-electron chi connectivity index (χ3n) is 2.35. The zero-order valence-corrected chi connectivity index (χ0v) is 11.5. The van der Waals surface area contributed by atoms with Gasteiger partial charge in [0.25, 0.3) is 10.1 Å². The molecule has 0 bridgehead atoms. The molecule has 19 heavy (non-hydrogen) atoms. The Balaban J connectivity index is 2.83. The lowest BCUT2D eigenvalue weighted by atomic mass is 10.2. The van der Waals surface area contributed by atoms with Gasteiger partial charge in [-0.2, -0.15) is 8.42 Å². The van der Waals surface area contributed by atoms with Crippen LogP contribution in [0.15, 0.2) is 24.3 Å². The van der Waals surface area contributed by atoms with Crippen molar-refractivity contribution in [2.24, 2.45) is 0 Å². The summed E-state index contributed by atoms with van der Waals surface area (Å²) in [4.78, 5) is 5.08. The Hall–Kier alpha value is -1.35. The fourth-order valence-corrected chi connectivity index (χ4v) is 2.19. The Labute approximate surface area is 112 Å². The summed E-state index contributed by atoms with van der Waals surface area (Å²) in [6.07, 6.45) is -1.29. The van der Waals surface area contributed by atoms with Crippen LogP contribution in [-0.4, -0.2) is 50.7 Å². The molecule has 2 N–H and O–H groups in total. The number of benzene rings is 1. The van der Waals surface area contributed by atoms with Crippen molar-refractivity contribution in [2.75, 3.05) is 31.6 Å². The molecule has 0 radical (unpaired) electrons. The van der Waals surface area contributed by atoms with Crippen molar-refractivity contribution in [3.8, 4) is 5.75 Å². The van der Waals surface area contributed by atoms with Crippen molar-refractivity contribution in [1.29, 1.82) is 0 Å². The molecule has 0 spiro atoms. The zero-order chi connectivity index (χ0) is 14.5. The first-order chi connectivity index (χ1) is 8.87. The van der Waals surface area contributed by atoms with Gasteiger partial charge in [0.2, 0.25) is 0 Å². The molecular formula is C11H17NO6S. The van der Waals surface area contributed by atoms with Gasteiger partial charge in [0.05, 0.1) is 26.9 Å². The number of ether oxygens (including phenoxy) is 1. The monoisotopic (exact) mass is 291 g/mol. The fraction of sp³-hybridized carbons (Fsp3) is 0.455. The smallest absolute Gasteiger partial charge is 0.267 e. The number of aliphatic hydroxyl groups excluding tert-OH is 1. The Kier molecular flexibility index (Phi) is 5.55. The van der Waals surface area contributed by atoms with E-state index in [-0.39, 0.29) is 6.54 Å². The predicted molar refractivity (Wildman–Crippen MR) is 69.8 cm³/mol. The molecule has 0 amide bonds. The molecular weight excluding hydrogens is 274 g/mol. The molecule has 1 aromatic carbocycles. The second-order valence-electron chi connectivity index (χ2n) is 3.82. The summed E-state index contributed by atoms with van der Waals surface area (Å²) in [6, 6.07) is 6.92. The number of nitrogens with zero attached hydrogens (tertiary/aromatic N) is 1. The van der Waals surface area contributed by atoms with Gasteiger partial charge in [0.1, 0.15) is 17.2 Å². The topological polar surface area (TPSA) is 96.3 Å². The number of hydroxylamine groups is 1. The molecule has 0 aliphatic heterocycles. The van der Waals surface area contributed by atoms with Crippen LogP contribution in [0.5, 0.6) is 5.75 Å². The van der Waals surface area contributed by atoms with E-state index in [0.29, 0.717) is 11.4 Å². The molecule has 108 valence electrons. The number of methoxy groups -OCH3 is 1. The van der Waals surface area contributed by atoms with Crippen LogP contribution in [-0.2, 0) is 15.0 Å². The minimum atomic E-state index is -4.24. The number of hydrogen-bond acceptors (Lipinski definition) is 6. The molecule has 1 unspecified atom stereocenters. The highest BCUT2D eigenvalue weighted by atomic mass is 32.2. The molecule has 0 heterocycles. The molecule has 7 nitrogen and oxygen atoms in total. The Morgan fingerprint density at radius 1 is 1.32 bits per heavy atom. The van der Waals surface area contributed by atoms with Crippen LogP contribution in [0.2, 0.25) is 0 Å². The molecule has 1 rings (SSSR count). The first-order valence-electron chi connectivity index (χ1n) is 5.45. The molecule has 0 aromatic heterocycles. The van der Waals surface area contributed by atoms with Crippen molar-refractivity contribution in [3.63, 3.8) is 0 Å². The molecule has 8 heteroatoms. The molecule has 1 aromatic rings. The van der Waals surface area contributed by atoms with E-state index < -0.39 is 22.0 Å². The summed E-state index contributed by atoms with van der Waals surface area (Å²) in [6.45, 7) is -0.128. The van der Waals surface area contributed by atoms with Crippen molar-refractivity contribution in [3.05, 3.63) is 24.3 Å². The van der Waals surface area contributed by atoms with Crippen LogP contribution >= 0.6 is 0 Å². The first kappa shape index (κ1) is 15.7. The van der Waals surface area contributed by atoms with E-state index in [1.807, 2.05) is 0 Å².